The summed E-state index contributed by atoms with van der Waals surface area (Å²) in [5.41, 5.74) is 2.78. The number of piperidine rings is 1. The second-order valence-corrected chi connectivity index (χ2v) is 5.33. The highest BCUT2D eigenvalue weighted by Crippen LogP contribution is 2.21. The average Bonchev–Trinajstić information content (AvgIpc) is 2.74. The molecule has 3 rings (SSSR count). The van der Waals surface area contributed by atoms with Crippen LogP contribution in [0.25, 0.3) is 11.0 Å². The minimum absolute atomic E-state index is 0.121. The normalized spacial score (nSPS) is 19.8. The molecule has 1 unspecified atom stereocenters. The first-order chi connectivity index (χ1) is 9.16. The van der Waals surface area contributed by atoms with Crippen molar-refractivity contribution in [2.45, 2.75) is 19.8 Å². The first kappa shape index (κ1) is 12.4. The molecule has 1 aliphatic heterocycles. The number of benzene rings is 1. The molecular weight excluding hydrogens is 238 g/mol. The van der Waals surface area contributed by atoms with Crippen molar-refractivity contribution in [3.05, 3.63) is 29.6 Å². The Morgan fingerprint density at radius 2 is 2.32 bits per heavy atom. The summed E-state index contributed by atoms with van der Waals surface area (Å²) in [6.07, 6.45) is 2.08. The zero-order valence-electron chi connectivity index (χ0n) is 11.4. The number of imidazole rings is 1. The van der Waals surface area contributed by atoms with E-state index in [-0.39, 0.29) is 11.7 Å². The Morgan fingerprint density at radius 3 is 3.05 bits per heavy atom. The van der Waals surface area contributed by atoms with E-state index in [4.69, 9.17) is 0 Å². The summed E-state index contributed by atoms with van der Waals surface area (Å²) < 4.78 is 2.05. The summed E-state index contributed by atoms with van der Waals surface area (Å²) in [7, 11) is 2.00. The van der Waals surface area contributed by atoms with Crippen LogP contribution in [0.1, 0.15) is 29.0 Å². The van der Waals surface area contributed by atoms with Gasteiger partial charge in [-0.25, -0.2) is 4.98 Å². The standard InChI is InChI=1S/C15H19N3O/c1-10-17-13-8-11(5-6-14(13)18(10)2)15(19)12-4-3-7-16-9-12/h5-6,8,12,16H,3-4,7,9H2,1-2H3. The van der Waals surface area contributed by atoms with Crippen molar-refractivity contribution < 1.29 is 4.79 Å². The molecule has 19 heavy (non-hydrogen) atoms. The van der Waals surface area contributed by atoms with Gasteiger partial charge in [-0.2, -0.15) is 0 Å². The number of carbonyl (C=O) groups is 1. The van der Waals surface area contributed by atoms with E-state index in [1.165, 1.54) is 0 Å². The molecule has 100 valence electrons. The number of ketones is 1. The molecule has 1 atom stereocenters. The van der Waals surface area contributed by atoms with Gasteiger partial charge in [0, 0.05) is 25.1 Å². The van der Waals surface area contributed by atoms with Crippen LogP contribution in [0.15, 0.2) is 18.2 Å². The first-order valence-corrected chi connectivity index (χ1v) is 6.85. The number of fused-ring (bicyclic) bond motifs is 1. The highest BCUT2D eigenvalue weighted by molar-refractivity contribution is 6.00. The third-order valence-corrected chi connectivity index (χ3v) is 4.06. The Hall–Kier alpha value is -1.68. The van der Waals surface area contributed by atoms with Gasteiger partial charge < -0.3 is 9.88 Å². The summed E-state index contributed by atoms with van der Waals surface area (Å²) in [4.78, 5) is 17.0. The predicted octanol–water partition coefficient (Wildman–Crippen LogP) is 2.06. The lowest BCUT2D eigenvalue weighted by molar-refractivity contribution is 0.0900. The molecule has 0 aliphatic carbocycles. The van der Waals surface area contributed by atoms with Crippen molar-refractivity contribution in [1.82, 2.24) is 14.9 Å². The molecule has 1 N–H and O–H groups in total. The van der Waals surface area contributed by atoms with Gasteiger partial charge in [-0.15, -0.1) is 0 Å². The number of nitrogens with one attached hydrogen (secondary N) is 1. The summed E-state index contributed by atoms with van der Waals surface area (Å²) in [5, 5.41) is 3.30. The highest BCUT2D eigenvalue weighted by atomic mass is 16.1. The smallest absolute Gasteiger partial charge is 0.167 e. The van der Waals surface area contributed by atoms with Crippen molar-refractivity contribution in [2.75, 3.05) is 13.1 Å². The number of Topliss-reactive ketones (excluding diaryl/α,β-unsaturated/α-hetero) is 1. The molecule has 1 fully saturated rings. The monoisotopic (exact) mass is 257 g/mol. The lowest BCUT2D eigenvalue weighted by Crippen LogP contribution is -2.34. The fourth-order valence-corrected chi connectivity index (χ4v) is 2.78. The quantitative estimate of drug-likeness (QED) is 0.838. The van der Waals surface area contributed by atoms with Crippen LogP contribution in [0.4, 0.5) is 0 Å². The lowest BCUT2D eigenvalue weighted by atomic mass is 9.91. The summed E-state index contributed by atoms with van der Waals surface area (Å²) >= 11 is 0. The van der Waals surface area contributed by atoms with E-state index in [0.717, 1.165) is 48.4 Å². The van der Waals surface area contributed by atoms with Crippen LogP contribution in [-0.4, -0.2) is 28.4 Å². The fourth-order valence-electron chi connectivity index (χ4n) is 2.78. The van der Waals surface area contributed by atoms with E-state index in [1.54, 1.807) is 0 Å². The number of hydrogen-bond donors (Lipinski definition) is 1. The number of rotatable bonds is 2. The molecule has 0 amide bonds. The zero-order chi connectivity index (χ0) is 13.4. The molecule has 1 saturated heterocycles. The van der Waals surface area contributed by atoms with Crippen LogP contribution >= 0.6 is 0 Å². The highest BCUT2D eigenvalue weighted by Gasteiger charge is 2.22. The second-order valence-electron chi connectivity index (χ2n) is 5.33. The maximum absolute atomic E-state index is 12.5. The molecule has 2 aromatic rings. The number of hydrogen-bond acceptors (Lipinski definition) is 3. The van der Waals surface area contributed by atoms with Crippen LogP contribution in [0.5, 0.6) is 0 Å². The minimum Gasteiger partial charge on any atom is -0.331 e. The van der Waals surface area contributed by atoms with Gasteiger partial charge in [-0.3, -0.25) is 4.79 Å². The molecule has 4 heteroatoms. The van der Waals surface area contributed by atoms with E-state index in [1.807, 2.05) is 36.7 Å². The van der Waals surface area contributed by atoms with E-state index in [9.17, 15) is 4.79 Å². The number of carbonyl (C=O) groups excluding carboxylic acids is 1. The molecular formula is C15H19N3O. The van der Waals surface area contributed by atoms with Crippen molar-refractivity contribution in [1.29, 1.82) is 0 Å². The molecule has 4 nitrogen and oxygen atoms in total. The molecule has 0 saturated carbocycles. The Morgan fingerprint density at radius 1 is 1.47 bits per heavy atom. The maximum atomic E-state index is 12.5. The second kappa shape index (κ2) is 4.78. The van der Waals surface area contributed by atoms with E-state index in [2.05, 4.69) is 10.3 Å². The number of aryl methyl sites for hydroxylation is 2. The Kier molecular flexibility index (Phi) is 3.11. The Balaban J connectivity index is 1.94. The molecule has 1 aromatic heterocycles. The van der Waals surface area contributed by atoms with Crippen LogP contribution in [0, 0.1) is 12.8 Å². The predicted molar refractivity (Wildman–Crippen MR) is 75.4 cm³/mol. The van der Waals surface area contributed by atoms with E-state index < -0.39 is 0 Å². The van der Waals surface area contributed by atoms with Gasteiger partial charge in [-0.1, -0.05) is 0 Å². The molecule has 1 aromatic carbocycles. The van der Waals surface area contributed by atoms with Gasteiger partial charge in [0.15, 0.2) is 5.78 Å². The van der Waals surface area contributed by atoms with Crippen LogP contribution in [-0.2, 0) is 7.05 Å². The summed E-state index contributed by atoms with van der Waals surface area (Å²) in [6, 6.07) is 5.86. The van der Waals surface area contributed by atoms with Gasteiger partial charge >= 0.3 is 0 Å². The molecule has 2 heterocycles. The number of nitrogens with zero attached hydrogens (tertiary/aromatic N) is 2. The Labute approximate surface area is 112 Å². The lowest BCUT2D eigenvalue weighted by Gasteiger charge is -2.21. The van der Waals surface area contributed by atoms with Crippen molar-refractivity contribution in [3.63, 3.8) is 0 Å². The van der Waals surface area contributed by atoms with Gasteiger partial charge in [0.1, 0.15) is 5.82 Å². The van der Waals surface area contributed by atoms with Crippen LogP contribution < -0.4 is 5.32 Å². The average molecular weight is 257 g/mol. The maximum Gasteiger partial charge on any atom is 0.167 e. The van der Waals surface area contributed by atoms with Gasteiger partial charge in [0.05, 0.1) is 11.0 Å². The van der Waals surface area contributed by atoms with E-state index in [0.29, 0.717) is 0 Å². The van der Waals surface area contributed by atoms with Gasteiger partial charge in [0.25, 0.3) is 0 Å². The van der Waals surface area contributed by atoms with Gasteiger partial charge in [-0.05, 0) is 44.5 Å². The zero-order valence-corrected chi connectivity index (χ0v) is 11.4. The van der Waals surface area contributed by atoms with E-state index >= 15 is 0 Å². The summed E-state index contributed by atoms with van der Waals surface area (Å²) in [6.45, 7) is 3.81. The summed E-state index contributed by atoms with van der Waals surface area (Å²) in [5.74, 6) is 1.34. The van der Waals surface area contributed by atoms with Crippen molar-refractivity contribution >= 4 is 16.8 Å². The third-order valence-electron chi connectivity index (χ3n) is 4.06. The largest absolute Gasteiger partial charge is 0.331 e. The fraction of sp³-hybridized carbons (Fsp3) is 0.467. The van der Waals surface area contributed by atoms with Gasteiger partial charge in [0.2, 0.25) is 0 Å². The minimum atomic E-state index is 0.121. The third kappa shape index (κ3) is 2.16. The molecule has 1 aliphatic rings. The van der Waals surface area contributed by atoms with Crippen molar-refractivity contribution in [2.24, 2.45) is 13.0 Å². The molecule has 0 bridgehead atoms. The molecule has 0 radical (unpaired) electrons. The van der Waals surface area contributed by atoms with Crippen LogP contribution in [0.2, 0.25) is 0 Å². The first-order valence-electron chi connectivity index (χ1n) is 6.85. The topological polar surface area (TPSA) is 46.9 Å². The van der Waals surface area contributed by atoms with Crippen molar-refractivity contribution in [3.8, 4) is 0 Å². The Bertz CT molecular complexity index is 624. The number of aromatic nitrogens is 2. The SMILES string of the molecule is Cc1nc2cc(C(=O)C3CCCNC3)ccc2n1C. The van der Waals surface area contributed by atoms with Crippen LogP contribution in [0.3, 0.4) is 0 Å². The molecule has 0 spiro atoms.